The van der Waals surface area contributed by atoms with Gasteiger partial charge in [0, 0.05) is 13.1 Å². The van der Waals surface area contributed by atoms with Crippen molar-refractivity contribution in [2.45, 2.75) is 24.8 Å². The Hall–Kier alpha value is -2.99. The van der Waals surface area contributed by atoms with E-state index in [4.69, 9.17) is 4.74 Å². The number of fused-ring (bicyclic) bond motifs is 1. The summed E-state index contributed by atoms with van der Waals surface area (Å²) < 4.78 is 19.2. The molecule has 4 unspecified atom stereocenters. The fourth-order valence-electron chi connectivity index (χ4n) is 4.72. The largest absolute Gasteiger partial charge is 0.360 e. The SMILES string of the molecule is O=C(NCc1ccc(F)cc1)C1C2C=CC3(CN(Cc4ccccc4)C(=O)C13)O2. The number of halogens is 1. The number of hydrogen-bond donors (Lipinski definition) is 1. The number of likely N-dealkylation sites (tertiary alicyclic amines) is 1. The number of carbonyl (C=O) groups is 2. The molecule has 0 aliphatic carbocycles. The average molecular weight is 392 g/mol. The number of nitrogens with zero attached hydrogens (tertiary/aromatic N) is 1. The van der Waals surface area contributed by atoms with Gasteiger partial charge in [-0.3, -0.25) is 9.59 Å². The van der Waals surface area contributed by atoms with Crippen LogP contribution in [0.15, 0.2) is 66.7 Å². The maximum atomic E-state index is 13.2. The van der Waals surface area contributed by atoms with Crippen molar-refractivity contribution in [2.24, 2.45) is 11.8 Å². The fourth-order valence-corrected chi connectivity index (χ4v) is 4.72. The summed E-state index contributed by atoms with van der Waals surface area (Å²) in [5, 5.41) is 2.89. The summed E-state index contributed by atoms with van der Waals surface area (Å²) in [5.41, 5.74) is 1.14. The van der Waals surface area contributed by atoms with Crippen LogP contribution in [0.5, 0.6) is 0 Å². The number of ether oxygens (including phenoxy) is 1. The number of benzene rings is 2. The fraction of sp³-hybridized carbons (Fsp3) is 0.304. The second kappa shape index (κ2) is 6.81. The zero-order chi connectivity index (χ0) is 20.0. The molecule has 2 amide bonds. The smallest absolute Gasteiger partial charge is 0.230 e. The van der Waals surface area contributed by atoms with Gasteiger partial charge in [0.15, 0.2) is 0 Å². The van der Waals surface area contributed by atoms with E-state index in [9.17, 15) is 14.0 Å². The molecule has 4 atom stereocenters. The third-order valence-electron chi connectivity index (χ3n) is 6.08. The van der Waals surface area contributed by atoms with E-state index in [1.807, 2.05) is 42.5 Å². The topological polar surface area (TPSA) is 58.6 Å². The average Bonchev–Trinajstić information content (AvgIpc) is 3.36. The molecule has 5 rings (SSSR count). The van der Waals surface area contributed by atoms with Crippen LogP contribution in [0.3, 0.4) is 0 Å². The zero-order valence-electron chi connectivity index (χ0n) is 15.8. The first-order valence-corrected chi connectivity index (χ1v) is 9.78. The van der Waals surface area contributed by atoms with Crippen LogP contribution in [-0.4, -0.2) is 35.0 Å². The van der Waals surface area contributed by atoms with Crippen LogP contribution in [-0.2, 0) is 27.4 Å². The molecule has 2 aromatic carbocycles. The van der Waals surface area contributed by atoms with Crippen LogP contribution in [0.4, 0.5) is 4.39 Å². The predicted molar refractivity (Wildman–Crippen MR) is 104 cm³/mol. The van der Waals surface area contributed by atoms with Gasteiger partial charge in [-0.1, -0.05) is 54.6 Å². The van der Waals surface area contributed by atoms with Crippen LogP contribution >= 0.6 is 0 Å². The third-order valence-corrected chi connectivity index (χ3v) is 6.08. The molecule has 1 spiro atoms. The first kappa shape index (κ1) is 18.1. The van der Waals surface area contributed by atoms with Gasteiger partial charge in [-0.25, -0.2) is 4.39 Å². The van der Waals surface area contributed by atoms with E-state index in [1.165, 1.54) is 12.1 Å². The molecule has 1 N–H and O–H groups in total. The molecule has 6 heteroatoms. The first-order valence-electron chi connectivity index (χ1n) is 9.78. The van der Waals surface area contributed by atoms with Gasteiger partial charge in [0.05, 0.1) is 24.5 Å². The molecule has 0 radical (unpaired) electrons. The highest BCUT2D eigenvalue weighted by molar-refractivity contribution is 5.93. The number of rotatable bonds is 5. The Morgan fingerprint density at radius 2 is 1.90 bits per heavy atom. The lowest BCUT2D eigenvalue weighted by molar-refractivity contribution is -0.137. The summed E-state index contributed by atoms with van der Waals surface area (Å²) in [6.45, 7) is 1.25. The number of carbonyl (C=O) groups excluding carboxylic acids is 2. The minimum absolute atomic E-state index is 0.0392. The van der Waals surface area contributed by atoms with E-state index in [2.05, 4.69) is 5.32 Å². The Balaban J connectivity index is 1.31. The molecule has 29 heavy (non-hydrogen) atoms. The van der Waals surface area contributed by atoms with Crippen molar-refractivity contribution < 1.29 is 18.7 Å². The first-order chi connectivity index (χ1) is 14.1. The monoisotopic (exact) mass is 392 g/mol. The maximum Gasteiger partial charge on any atom is 0.230 e. The summed E-state index contributed by atoms with van der Waals surface area (Å²) in [5.74, 6) is -1.61. The van der Waals surface area contributed by atoms with E-state index in [1.54, 1.807) is 17.0 Å². The van der Waals surface area contributed by atoms with Crippen molar-refractivity contribution in [3.8, 4) is 0 Å². The molecule has 148 valence electrons. The van der Waals surface area contributed by atoms with Crippen LogP contribution < -0.4 is 5.32 Å². The molecule has 2 aromatic rings. The van der Waals surface area contributed by atoms with Crippen molar-refractivity contribution in [3.63, 3.8) is 0 Å². The second-order valence-electron chi connectivity index (χ2n) is 7.92. The van der Waals surface area contributed by atoms with E-state index >= 15 is 0 Å². The molecule has 3 aliphatic rings. The quantitative estimate of drug-likeness (QED) is 0.795. The lowest BCUT2D eigenvalue weighted by atomic mass is 9.77. The highest BCUT2D eigenvalue weighted by atomic mass is 19.1. The van der Waals surface area contributed by atoms with Gasteiger partial charge >= 0.3 is 0 Å². The van der Waals surface area contributed by atoms with Gasteiger partial charge in [0.1, 0.15) is 11.4 Å². The predicted octanol–water partition coefficient (Wildman–Crippen LogP) is 2.42. The standard InChI is InChI=1S/C23H21FN2O3/c24-17-8-6-15(7-9-17)12-25-21(27)19-18-10-11-23(29-18)14-26(22(28)20(19)23)13-16-4-2-1-3-5-16/h1-11,18-20H,12-14H2,(H,25,27). The molecular weight excluding hydrogens is 371 g/mol. The van der Waals surface area contributed by atoms with Crippen LogP contribution in [0.25, 0.3) is 0 Å². The van der Waals surface area contributed by atoms with Crippen LogP contribution in [0.2, 0.25) is 0 Å². The Morgan fingerprint density at radius 3 is 2.66 bits per heavy atom. The molecular formula is C23H21FN2O3. The Kier molecular flexibility index (Phi) is 4.24. The van der Waals surface area contributed by atoms with Gasteiger partial charge in [0.25, 0.3) is 0 Å². The molecule has 0 aromatic heterocycles. The molecule has 0 saturated carbocycles. The molecule has 5 nitrogen and oxygen atoms in total. The normalized spacial score (nSPS) is 29.3. The lowest BCUT2D eigenvalue weighted by Crippen LogP contribution is -2.43. The summed E-state index contributed by atoms with van der Waals surface area (Å²) in [4.78, 5) is 27.9. The third kappa shape index (κ3) is 3.04. The highest BCUT2D eigenvalue weighted by Crippen LogP contribution is 2.52. The number of nitrogens with one attached hydrogen (secondary N) is 1. The van der Waals surface area contributed by atoms with Gasteiger partial charge in [-0.15, -0.1) is 0 Å². The van der Waals surface area contributed by atoms with E-state index in [0.717, 1.165) is 11.1 Å². The molecule has 2 bridgehead atoms. The maximum absolute atomic E-state index is 13.2. The summed E-state index contributed by atoms with van der Waals surface area (Å²) in [7, 11) is 0. The van der Waals surface area contributed by atoms with Gasteiger partial charge in [0.2, 0.25) is 11.8 Å². The molecule has 2 fully saturated rings. The molecule has 2 saturated heterocycles. The van der Waals surface area contributed by atoms with E-state index in [0.29, 0.717) is 13.1 Å². The minimum Gasteiger partial charge on any atom is -0.360 e. The number of amides is 2. The van der Waals surface area contributed by atoms with E-state index < -0.39 is 17.4 Å². The summed E-state index contributed by atoms with van der Waals surface area (Å²) in [6.07, 6.45) is 3.48. The number of hydrogen-bond acceptors (Lipinski definition) is 3. The Bertz CT molecular complexity index is 975. The van der Waals surface area contributed by atoms with Crippen molar-refractivity contribution >= 4 is 11.8 Å². The lowest BCUT2D eigenvalue weighted by Gasteiger charge is -2.23. The van der Waals surface area contributed by atoms with E-state index in [-0.39, 0.29) is 30.3 Å². The molecule has 3 heterocycles. The second-order valence-corrected chi connectivity index (χ2v) is 7.92. The van der Waals surface area contributed by atoms with Crippen molar-refractivity contribution in [1.82, 2.24) is 10.2 Å². The minimum atomic E-state index is -0.714. The Labute approximate surface area is 168 Å². The summed E-state index contributed by atoms with van der Waals surface area (Å²) >= 11 is 0. The Morgan fingerprint density at radius 1 is 1.14 bits per heavy atom. The van der Waals surface area contributed by atoms with Gasteiger partial charge in [-0.05, 0) is 23.3 Å². The van der Waals surface area contributed by atoms with Crippen molar-refractivity contribution in [1.29, 1.82) is 0 Å². The van der Waals surface area contributed by atoms with Crippen LogP contribution in [0, 0.1) is 17.7 Å². The van der Waals surface area contributed by atoms with Crippen LogP contribution in [0.1, 0.15) is 11.1 Å². The zero-order valence-corrected chi connectivity index (χ0v) is 15.8. The summed E-state index contributed by atoms with van der Waals surface area (Å²) in [6, 6.07) is 15.8. The molecule has 3 aliphatic heterocycles. The highest BCUT2D eigenvalue weighted by Gasteiger charge is 2.66. The van der Waals surface area contributed by atoms with Gasteiger partial charge in [-0.2, -0.15) is 0 Å². The van der Waals surface area contributed by atoms with Crippen molar-refractivity contribution in [3.05, 3.63) is 83.7 Å². The van der Waals surface area contributed by atoms with Gasteiger partial charge < -0.3 is 15.0 Å². The van der Waals surface area contributed by atoms with Crippen molar-refractivity contribution in [2.75, 3.05) is 6.54 Å².